The van der Waals surface area contributed by atoms with Gasteiger partial charge in [0.05, 0.1) is 16.8 Å². The number of hydrogen-bond donors (Lipinski definition) is 2. The largest absolute Gasteiger partial charge is 0.507 e. The van der Waals surface area contributed by atoms with Crippen LogP contribution in [-0.4, -0.2) is 15.2 Å². The third kappa shape index (κ3) is 3.47. The van der Waals surface area contributed by atoms with Gasteiger partial charge in [-0.3, -0.25) is 0 Å². The van der Waals surface area contributed by atoms with Crippen molar-refractivity contribution >= 4 is 10.9 Å². The summed E-state index contributed by atoms with van der Waals surface area (Å²) in [5.41, 5.74) is -0.0132. The molecule has 0 unspecified atom stereocenters. The van der Waals surface area contributed by atoms with Crippen LogP contribution in [0.5, 0.6) is 11.5 Å². The standard InChI is InChI=1S/C22H13F4NO2/c23-17-10-13(6-8-21(17)29)19-11-16(22(24,25)26)15-9-12(5-7-18(15)27-19)14-3-1-2-4-20(14)28/h1-11,28-29H. The lowest BCUT2D eigenvalue weighted by Crippen LogP contribution is -2.07. The first-order chi connectivity index (χ1) is 13.7. The summed E-state index contributed by atoms with van der Waals surface area (Å²) in [5.74, 6) is -1.60. The minimum absolute atomic E-state index is 0.0513. The van der Waals surface area contributed by atoms with E-state index in [1.165, 1.54) is 24.3 Å². The molecule has 3 aromatic carbocycles. The summed E-state index contributed by atoms with van der Waals surface area (Å²) in [6, 6.07) is 14.8. The van der Waals surface area contributed by atoms with Crippen molar-refractivity contribution in [2.45, 2.75) is 6.18 Å². The number of rotatable bonds is 2. The summed E-state index contributed by atoms with van der Waals surface area (Å²) in [4.78, 5) is 4.24. The van der Waals surface area contributed by atoms with E-state index in [9.17, 15) is 27.8 Å². The molecular formula is C22H13F4NO2. The molecule has 0 saturated heterocycles. The highest BCUT2D eigenvalue weighted by Gasteiger charge is 2.33. The third-order valence-corrected chi connectivity index (χ3v) is 4.57. The number of nitrogens with zero attached hydrogens (tertiary/aromatic N) is 1. The predicted molar refractivity (Wildman–Crippen MR) is 101 cm³/mol. The second-order valence-electron chi connectivity index (χ2n) is 6.47. The van der Waals surface area contributed by atoms with Gasteiger partial charge in [-0.1, -0.05) is 24.3 Å². The minimum atomic E-state index is -4.68. The first-order valence-electron chi connectivity index (χ1n) is 8.53. The number of pyridine rings is 1. The van der Waals surface area contributed by atoms with Crippen molar-refractivity contribution in [3.63, 3.8) is 0 Å². The van der Waals surface area contributed by atoms with Crippen LogP contribution < -0.4 is 0 Å². The number of phenols is 2. The van der Waals surface area contributed by atoms with E-state index in [4.69, 9.17) is 0 Å². The van der Waals surface area contributed by atoms with Gasteiger partial charge in [0.1, 0.15) is 5.75 Å². The van der Waals surface area contributed by atoms with Gasteiger partial charge in [-0.05, 0) is 48.0 Å². The predicted octanol–water partition coefficient (Wildman–Crippen LogP) is 6.14. The van der Waals surface area contributed by atoms with Crippen LogP contribution in [0, 0.1) is 5.82 Å². The van der Waals surface area contributed by atoms with Crippen LogP contribution in [0.1, 0.15) is 5.56 Å². The van der Waals surface area contributed by atoms with E-state index in [2.05, 4.69) is 4.98 Å². The van der Waals surface area contributed by atoms with Crippen LogP contribution >= 0.6 is 0 Å². The van der Waals surface area contributed by atoms with Gasteiger partial charge in [-0.25, -0.2) is 9.37 Å². The normalized spacial score (nSPS) is 11.7. The number of benzene rings is 3. The molecule has 4 aromatic rings. The molecule has 0 spiro atoms. The Bertz CT molecular complexity index is 1240. The average molecular weight is 399 g/mol. The van der Waals surface area contributed by atoms with Crippen molar-refractivity contribution in [1.29, 1.82) is 0 Å². The zero-order valence-electron chi connectivity index (χ0n) is 14.7. The van der Waals surface area contributed by atoms with E-state index in [-0.39, 0.29) is 27.9 Å². The monoisotopic (exact) mass is 399 g/mol. The second-order valence-corrected chi connectivity index (χ2v) is 6.47. The number of aromatic nitrogens is 1. The molecule has 0 bridgehead atoms. The van der Waals surface area contributed by atoms with Crippen molar-refractivity contribution in [3.05, 3.63) is 78.1 Å². The Labute approximate surface area is 162 Å². The molecule has 0 aliphatic carbocycles. The molecule has 0 fully saturated rings. The molecule has 3 nitrogen and oxygen atoms in total. The Morgan fingerprint density at radius 3 is 2.17 bits per heavy atom. The topological polar surface area (TPSA) is 53.4 Å². The van der Waals surface area contributed by atoms with Gasteiger partial charge in [0, 0.05) is 16.5 Å². The lowest BCUT2D eigenvalue weighted by atomic mass is 9.98. The molecular weight excluding hydrogens is 386 g/mol. The summed E-state index contributed by atoms with van der Waals surface area (Å²) in [7, 11) is 0. The maximum atomic E-state index is 13.8. The van der Waals surface area contributed by atoms with Crippen LogP contribution in [0.2, 0.25) is 0 Å². The molecule has 4 rings (SSSR count). The van der Waals surface area contributed by atoms with Crippen LogP contribution in [-0.2, 0) is 6.18 Å². The highest BCUT2D eigenvalue weighted by atomic mass is 19.4. The number of aromatic hydroxyl groups is 2. The van der Waals surface area contributed by atoms with Crippen molar-refractivity contribution in [2.24, 2.45) is 0 Å². The van der Waals surface area contributed by atoms with Crippen molar-refractivity contribution in [3.8, 4) is 33.9 Å². The van der Waals surface area contributed by atoms with Crippen LogP contribution in [0.25, 0.3) is 33.3 Å². The summed E-state index contributed by atoms with van der Waals surface area (Å²) < 4.78 is 55.0. The van der Waals surface area contributed by atoms with Gasteiger partial charge in [0.15, 0.2) is 11.6 Å². The van der Waals surface area contributed by atoms with Gasteiger partial charge in [-0.2, -0.15) is 13.2 Å². The summed E-state index contributed by atoms with van der Waals surface area (Å²) in [6.45, 7) is 0. The zero-order valence-corrected chi connectivity index (χ0v) is 14.7. The number of phenolic OH excluding ortho intramolecular Hbond substituents is 2. The van der Waals surface area contributed by atoms with E-state index in [0.29, 0.717) is 11.1 Å². The van der Waals surface area contributed by atoms with Gasteiger partial charge in [-0.15, -0.1) is 0 Å². The van der Waals surface area contributed by atoms with Gasteiger partial charge >= 0.3 is 6.18 Å². The Morgan fingerprint density at radius 2 is 1.48 bits per heavy atom. The Hall–Kier alpha value is -3.61. The zero-order chi connectivity index (χ0) is 20.8. The SMILES string of the molecule is Oc1ccc(-c2cc(C(F)(F)F)c3cc(-c4ccccc4O)ccc3n2)cc1F. The molecule has 1 heterocycles. The third-order valence-electron chi connectivity index (χ3n) is 4.57. The molecule has 0 radical (unpaired) electrons. The van der Waals surface area contributed by atoms with Crippen LogP contribution in [0.15, 0.2) is 66.7 Å². The van der Waals surface area contributed by atoms with E-state index in [1.54, 1.807) is 24.3 Å². The summed E-state index contributed by atoms with van der Waals surface area (Å²) >= 11 is 0. The first kappa shape index (κ1) is 18.7. The summed E-state index contributed by atoms with van der Waals surface area (Å²) in [5, 5.41) is 19.2. The number of para-hydroxylation sites is 1. The molecule has 29 heavy (non-hydrogen) atoms. The fourth-order valence-electron chi connectivity index (χ4n) is 3.16. The Balaban J connectivity index is 1.96. The Kier molecular flexibility index (Phi) is 4.38. The lowest BCUT2D eigenvalue weighted by Gasteiger charge is -2.14. The van der Waals surface area contributed by atoms with E-state index in [1.807, 2.05) is 0 Å². The molecule has 2 N–H and O–H groups in total. The van der Waals surface area contributed by atoms with E-state index >= 15 is 0 Å². The van der Waals surface area contributed by atoms with Gasteiger partial charge in [0.25, 0.3) is 0 Å². The Morgan fingerprint density at radius 1 is 0.759 bits per heavy atom. The maximum Gasteiger partial charge on any atom is 0.417 e. The highest BCUT2D eigenvalue weighted by Crippen LogP contribution is 2.39. The van der Waals surface area contributed by atoms with Crippen molar-refractivity contribution < 1.29 is 27.8 Å². The quantitative estimate of drug-likeness (QED) is 0.398. The minimum Gasteiger partial charge on any atom is -0.507 e. The second kappa shape index (κ2) is 6.77. The number of fused-ring (bicyclic) bond motifs is 1. The number of hydrogen-bond acceptors (Lipinski definition) is 3. The number of alkyl halides is 3. The number of halogens is 4. The lowest BCUT2D eigenvalue weighted by molar-refractivity contribution is -0.136. The van der Waals surface area contributed by atoms with Gasteiger partial charge in [0.2, 0.25) is 0 Å². The fraction of sp³-hybridized carbons (Fsp3) is 0.0455. The molecule has 1 aromatic heterocycles. The van der Waals surface area contributed by atoms with Crippen LogP contribution in [0.4, 0.5) is 17.6 Å². The van der Waals surface area contributed by atoms with Crippen molar-refractivity contribution in [2.75, 3.05) is 0 Å². The van der Waals surface area contributed by atoms with Crippen LogP contribution in [0.3, 0.4) is 0 Å². The first-order valence-corrected chi connectivity index (χ1v) is 8.53. The molecule has 0 amide bonds. The smallest absolute Gasteiger partial charge is 0.417 e. The van der Waals surface area contributed by atoms with Gasteiger partial charge < -0.3 is 10.2 Å². The molecule has 7 heteroatoms. The molecule has 0 atom stereocenters. The summed E-state index contributed by atoms with van der Waals surface area (Å²) in [6.07, 6.45) is -4.68. The molecule has 0 aliphatic heterocycles. The maximum absolute atomic E-state index is 13.8. The molecule has 0 aliphatic rings. The fourth-order valence-corrected chi connectivity index (χ4v) is 3.16. The highest BCUT2D eigenvalue weighted by molar-refractivity contribution is 5.90. The average Bonchev–Trinajstić information content (AvgIpc) is 2.68. The van der Waals surface area contributed by atoms with Crippen molar-refractivity contribution in [1.82, 2.24) is 4.98 Å². The molecule has 0 saturated carbocycles. The van der Waals surface area contributed by atoms with E-state index < -0.39 is 23.3 Å². The molecule has 146 valence electrons. The van der Waals surface area contributed by atoms with E-state index in [0.717, 1.165) is 18.2 Å².